The van der Waals surface area contributed by atoms with Crippen molar-refractivity contribution in [1.29, 1.82) is 5.26 Å². The van der Waals surface area contributed by atoms with Gasteiger partial charge in [0, 0.05) is 18.8 Å². The van der Waals surface area contributed by atoms with Gasteiger partial charge in [0.2, 0.25) is 0 Å². The van der Waals surface area contributed by atoms with Gasteiger partial charge in [-0.1, -0.05) is 19.3 Å². The summed E-state index contributed by atoms with van der Waals surface area (Å²) >= 11 is 0. The fraction of sp³-hybridized carbons (Fsp3) is 0.571. The van der Waals surface area contributed by atoms with E-state index in [1.54, 1.807) is 12.3 Å². The number of aromatic nitrogens is 1. The van der Waals surface area contributed by atoms with Crippen molar-refractivity contribution >= 4 is 5.82 Å². The van der Waals surface area contributed by atoms with Gasteiger partial charge in [-0.2, -0.15) is 5.26 Å². The van der Waals surface area contributed by atoms with Gasteiger partial charge in [-0.05, 0) is 25.0 Å². The average molecular weight is 245 g/mol. The topological polar surface area (TPSA) is 60.2 Å². The van der Waals surface area contributed by atoms with Crippen LogP contribution in [-0.2, 0) is 0 Å². The Hall–Kier alpha value is -1.60. The lowest BCUT2D eigenvalue weighted by Gasteiger charge is -2.34. The van der Waals surface area contributed by atoms with Crippen molar-refractivity contribution in [2.75, 3.05) is 18.1 Å². The molecule has 1 fully saturated rings. The molecule has 0 amide bonds. The maximum atomic E-state index is 9.21. The Balaban J connectivity index is 2.14. The first-order chi connectivity index (χ1) is 8.85. The van der Waals surface area contributed by atoms with Gasteiger partial charge >= 0.3 is 0 Å². The highest BCUT2D eigenvalue weighted by molar-refractivity contribution is 5.43. The van der Waals surface area contributed by atoms with Gasteiger partial charge in [-0.25, -0.2) is 4.98 Å². The highest BCUT2D eigenvalue weighted by atomic mass is 16.3. The van der Waals surface area contributed by atoms with Gasteiger partial charge in [-0.15, -0.1) is 0 Å². The third-order valence-corrected chi connectivity index (χ3v) is 3.53. The summed E-state index contributed by atoms with van der Waals surface area (Å²) in [6.07, 6.45) is 7.75. The Kier molecular flexibility index (Phi) is 4.54. The van der Waals surface area contributed by atoms with Gasteiger partial charge < -0.3 is 10.0 Å². The number of aliphatic hydroxyl groups is 1. The van der Waals surface area contributed by atoms with Crippen LogP contribution in [0.1, 0.15) is 37.7 Å². The second kappa shape index (κ2) is 6.36. The predicted octanol–water partition coefficient (Wildman–Crippen LogP) is 2.08. The summed E-state index contributed by atoms with van der Waals surface area (Å²) < 4.78 is 0. The number of hydrogen-bond acceptors (Lipinski definition) is 4. The SMILES string of the molecule is N#Cc1ccc(N(CCO)C2CCCCC2)nc1. The van der Waals surface area contributed by atoms with E-state index in [2.05, 4.69) is 16.0 Å². The molecule has 4 nitrogen and oxygen atoms in total. The molecule has 18 heavy (non-hydrogen) atoms. The number of nitriles is 1. The summed E-state index contributed by atoms with van der Waals surface area (Å²) in [6.45, 7) is 0.752. The zero-order valence-electron chi connectivity index (χ0n) is 10.5. The molecule has 1 aromatic heterocycles. The second-order valence-corrected chi connectivity index (χ2v) is 4.73. The van der Waals surface area contributed by atoms with Crippen molar-refractivity contribution in [2.45, 2.75) is 38.1 Å². The summed E-state index contributed by atoms with van der Waals surface area (Å²) in [5, 5.41) is 18.0. The van der Waals surface area contributed by atoms with E-state index < -0.39 is 0 Å². The van der Waals surface area contributed by atoms with E-state index in [0.29, 0.717) is 18.2 Å². The molecular formula is C14H19N3O. The maximum Gasteiger partial charge on any atom is 0.128 e. The van der Waals surface area contributed by atoms with E-state index in [-0.39, 0.29) is 6.61 Å². The molecule has 1 aromatic rings. The predicted molar refractivity (Wildman–Crippen MR) is 70.3 cm³/mol. The van der Waals surface area contributed by atoms with Crippen molar-refractivity contribution < 1.29 is 5.11 Å². The molecule has 0 spiro atoms. The number of rotatable bonds is 4. The molecule has 0 bridgehead atoms. The van der Waals surface area contributed by atoms with E-state index >= 15 is 0 Å². The van der Waals surface area contributed by atoms with Crippen LogP contribution in [0.2, 0.25) is 0 Å². The molecule has 0 atom stereocenters. The van der Waals surface area contributed by atoms with Gasteiger partial charge in [-0.3, -0.25) is 0 Å². The molecule has 1 aliphatic carbocycles. The summed E-state index contributed by atoms with van der Waals surface area (Å²) in [5.74, 6) is 0.870. The maximum absolute atomic E-state index is 9.21. The lowest BCUT2D eigenvalue weighted by atomic mass is 9.94. The number of nitrogens with zero attached hydrogens (tertiary/aromatic N) is 3. The summed E-state index contributed by atoms with van der Waals surface area (Å²) in [5.41, 5.74) is 0.575. The van der Waals surface area contributed by atoms with Crippen molar-refractivity contribution in [1.82, 2.24) is 4.98 Å². The van der Waals surface area contributed by atoms with Crippen LogP contribution in [0.4, 0.5) is 5.82 Å². The van der Waals surface area contributed by atoms with Gasteiger partial charge in [0.15, 0.2) is 0 Å². The Morgan fingerprint density at radius 3 is 2.67 bits per heavy atom. The highest BCUT2D eigenvalue weighted by Gasteiger charge is 2.21. The van der Waals surface area contributed by atoms with Crippen LogP contribution in [0.3, 0.4) is 0 Å². The van der Waals surface area contributed by atoms with Crippen LogP contribution in [0.15, 0.2) is 18.3 Å². The molecule has 1 N–H and O–H groups in total. The first-order valence-corrected chi connectivity index (χ1v) is 6.59. The van der Waals surface area contributed by atoms with Crippen LogP contribution in [-0.4, -0.2) is 29.3 Å². The highest BCUT2D eigenvalue weighted by Crippen LogP contribution is 2.25. The van der Waals surface area contributed by atoms with Crippen LogP contribution in [0.5, 0.6) is 0 Å². The quantitative estimate of drug-likeness (QED) is 0.882. The first kappa shape index (κ1) is 12.8. The minimum atomic E-state index is 0.137. The molecule has 4 heteroatoms. The normalized spacial score (nSPS) is 16.2. The number of aliphatic hydroxyl groups excluding tert-OH is 1. The van der Waals surface area contributed by atoms with E-state index in [9.17, 15) is 5.11 Å². The Morgan fingerprint density at radius 1 is 1.33 bits per heavy atom. The lowest BCUT2D eigenvalue weighted by molar-refractivity contribution is 0.289. The Morgan fingerprint density at radius 2 is 2.11 bits per heavy atom. The van der Waals surface area contributed by atoms with E-state index in [4.69, 9.17) is 5.26 Å². The van der Waals surface area contributed by atoms with Crippen LogP contribution in [0, 0.1) is 11.3 Å². The van der Waals surface area contributed by atoms with Crippen molar-refractivity contribution in [2.24, 2.45) is 0 Å². The minimum Gasteiger partial charge on any atom is -0.395 e. The molecule has 0 aromatic carbocycles. The molecular weight excluding hydrogens is 226 g/mol. The Labute approximate surface area is 108 Å². The van der Waals surface area contributed by atoms with E-state index in [1.165, 1.54) is 32.1 Å². The monoisotopic (exact) mass is 245 g/mol. The molecule has 2 rings (SSSR count). The molecule has 0 saturated heterocycles. The molecule has 0 unspecified atom stereocenters. The molecule has 0 aliphatic heterocycles. The smallest absolute Gasteiger partial charge is 0.128 e. The summed E-state index contributed by atoms with van der Waals surface area (Å²) in [7, 11) is 0. The van der Waals surface area contributed by atoms with Gasteiger partial charge in [0.1, 0.15) is 11.9 Å². The molecule has 1 heterocycles. The van der Waals surface area contributed by atoms with E-state index in [0.717, 1.165) is 5.82 Å². The first-order valence-electron chi connectivity index (χ1n) is 6.59. The van der Waals surface area contributed by atoms with Crippen LogP contribution < -0.4 is 4.90 Å². The standard InChI is InChI=1S/C14H19N3O/c15-10-12-6-7-14(16-11-12)17(8-9-18)13-4-2-1-3-5-13/h6-7,11,13,18H,1-5,8-9H2. The van der Waals surface area contributed by atoms with Gasteiger partial charge in [0.05, 0.1) is 12.2 Å². The molecule has 96 valence electrons. The zero-order valence-corrected chi connectivity index (χ0v) is 10.5. The van der Waals surface area contributed by atoms with Crippen molar-refractivity contribution in [3.8, 4) is 6.07 Å². The van der Waals surface area contributed by atoms with Crippen LogP contribution in [0.25, 0.3) is 0 Å². The number of anilines is 1. The molecule has 0 radical (unpaired) electrons. The molecule has 1 aliphatic rings. The fourth-order valence-corrected chi connectivity index (χ4v) is 2.61. The lowest BCUT2D eigenvalue weighted by Crippen LogP contribution is -2.39. The summed E-state index contributed by atoms with van der Waals surface area (Å²) in [6, 6.07) is 6.22. The largest absolute Gasteiger partial charge is 0.395 e. The van der Waals surface area contributed by atoms with Crippen molar-refractivity contribution in [3.63, 3.8) is 0 Å². The second-order valence-electron chi connectivity index (χ2n) is 4.73. The third kappa shape index (κ3) is 2.99. The fourth-order valence-electron chi connectivity index (χ4n) is 2.61. The minimum absolute atomic E-state index is 0.137. The Bertz CT molecular complexity index is 404. The summed E-state index contributed by atoms with van der Waals surface area (Å²) in [4.78, 5) is 6.52. The van der Waals surface area contributed by atoms with Crippen LogP contribution >= 0.6 is 0 Å². The molecule has 1 saturated carbocycles. The number of hydrogen-bond donors (Lipinski definition) is 1. The van der Waals surface area contributed by atoms with Crippen molar-refractivity contribution in [3.05, 3.63) is 23.9 Å². The van der Waals surface area contributed by atoms with Gasteiger partial charge in [0.25, 0.3) is 0 Å². The average Bonchev–Trinajstić information content (AvgIpc) is 2.46. The van der Waals surface area contributed by atoms with E-state index in [1.807, 2.05) is 6.07 Å². The number of pyridine rings is 1. The third-order valence-electron chi connectivity index (χ3n) is 3.53. The zero-order chi connectivity index (χ0) is 12.8.